The average molecular weight is 408 g/mol. The van der Waals surface area contributed by atoms with E-state index in [-0.39, 0.29) is 5.91 Å². The van der Waals surface area contributed by atoms with E-state index >= 15 is 0 Å². The second kappa shape index (κ2) is 7.95. The van der Waals surface area contributed by atoms with E-state index in [0.29, 0.717) is 17.8 Å². The van der Waals surface area contributed by atoms with Gasteiger partial charge in [-0.3, -0.25) is 14.3 Å². The zero-order chi connectivity index (χ0) is 21.2. The molecule has 5 aromatic rings. The normalized spacial score (nSPS) is 11.1. The van der Waals surface area contributed by atoms with Gasteiger partial charge < -0.3 is 5.32 Å². The Bertz CT molecular complexity index is 1380. The lowest BCUT2D eigenvalue weighted by atomic mass is 10.1. The Hall–Kier alpha value is -4.13. The molecule has 0 aliphatic rings. The van der Waals surface area contributed by atoms with E-state index in [2.05, 4.69) is 30.0 Å². The molecule has 152 valence electrons. The number of hydrogen-bond acceptors (Lipinski definition) is 5. The van der Waals surface area contributed by atoms with Crippen molar-refractivity contribution in [1.29, 1.82) is 0 Å². The molecule has 0 bridgehead atoms. The predicted molar refractivity (Wildman–Crippen MR) is 119 cm³/mol. The lowest BCUT2D eigenvalue weighted by molar-refractivity contribution is 0.0954. The quantitative estimate of drug-likeness (QED) is 0.480. The molecule has 5 rings (SSSR count). The molecular formula is C24H20N6O. The van der Waals surface area contributed by atoms with E-state index in [1.807, 2.05) is 61.5 Å². The van der Waals surface area contributed by atoms with E-state index in [1.165, 1.54) is 0 Å². The Morgan fingerprint density at radius 1 is 1.00 bits per heavy atom. The molecule has 2 aromatic carbocycles. The first kappa shape index (κ1) is 18.9. The summed E-state index contributed by atoms with van der Waals surface area (Å²) in [6.45, 7) is 2.49. The molecule has 3 aromatic heterocycles. The van der Waals surface area contributed by atoms with Crippen molar-refractivity contribution in [2.45, 2.75) is 13.3 Å². The number of carbonyl (C=O) groups is 1. The van der Waals surface area contributed by atoms with Gasteiger partial charge in [-0.2, -0.15) is 0 Å². The van der Waals surface area contributed by atoms with Gasteiger partial charge in [0, 0.05) is 35.6 Å². The molecule has 1 N–H and O–H groups in total. The molecule has 0 fully saturated rings. The molecule has 0 spiro atoms. The average Bonchev–Trinajstić information content (AvgIpc) is 3.16. The van der Waals surface area contributed by atoms with Crippen molar-refractivity contribution in [2.75, 3.05) is 6.54 Å². The minimum Gasteiger partial charge on any atom is -0.352 e. The summed E-state index contributed by atoms with van der Waals surface area (Å²) in [5, 5.41) is 12.4. The number of aromatic nitrogens is 5. The fourth-order valence-electron chi connectivity index (χ4n) is 3.75. The monoisotopic (exact) mass is 408 g/mol. The number of rotatable bonds is 5. The summed E-state index contributed by atoms with van der Waals surface area (Å²) in [7, 11) is 0. The van der Waals surface area contributed by atoms with Gasteiger partial charge in [0.2, 0.25) is 5.65 Å². The van der Waals surface area contributed by atoms with Crippen LogP contribution in [0, 0.1) is 6.92 Å². The molecule has 0 radical (unpaired) electrons. The van der Waals surface area contributed by atoms with Gasteiger partial charge in [0.05, 0.1) is 5.52 Å². The Morgan fingerprint density at radius 2 is 1.81 bits per heavy atom. The topological polar surface area (TPSA) is 85.6 Å². The van der Waals surface area contributed by atoms with Crippen LogP contribution in [0.15, 0.2) is 73.1 Å². The van der Waals surface area contributed by atoms with Gasteiger partial charge in [-0.25, -0.2) is 4.98 Å². The smallest absolute Gasteiger partial charge is 0.251 e. The number of hydrogen-bond donors (Lipinski definition) is 1. The van der Waals surface area contributed by atoms with Gasteiger partial charge in [-0.15, -0.1) is 10.2 Å². The molecule has 0 saturated heterocycles. The van der Waals surface area contributed by atoms with Crippen molar-refractivity contribution in [1.82, 2.24) is 30.0 Å². The molecule has 3 heterocycles. The number of nitrogens with one attached hydrogen (secondary N) is 1. The minimum atomic E-state index is -0.122. The minimum absolute atomic E-state index is 0.122. The number of imidazole rings is 1. The number of amides is 1. The summed E-state index contributed by atoms with van der Waals surface area (Å²) in [5.41, 5.74) is 4.83. The highest BCUT2D eigenvalue weighted by atomic mass is 16.1. The van der Waals surface area contributed by atoms with Crippen molar-refractivity contribution in [3.05, 3.63) is 90.0 Å². The third kappa shape index (κ3) is 3.61. The zero-order valence-electron chi connectivity index (χ0n) is 17.0. The maximum atomic E-state index is 12.8. The van der Waals surface area contributed by atoms with Crippen LogP contribution in [-0.2, 0) is 6.42 Å². The number of fused-ring (bicyclic) bond motifs is 3. The molecule has 7 heteroatoms. The maximum absolute atomic E-state index is 12.8. The van der Waals surface area contributed by atoms with Crippen molar-refractivity contribution in [3.63, 3.8) is 0 Å². The van der Waals surface area contributed by atoms with Crippen LogP contribution in [0.1, 0.15) is 21.7 Å². The Kier molecular flexibility index (Phi) is 4.84. The molecule has 0 saturated carbocycles. The third-order valence-electron chi connectivity index (χ3n) is 5.26. The fraction of sp³-hybridized carbons (Fsp3) is 0.125. The lowest BCUT2D eigenvalue weighted by Gasteiger charge is -2.09. The van der Waals surface area contributed by atoms with Crippen molar-refractivity contribution < 1.29 is 4.79 Å². The Labute approximate surface area is 178 Å². The third-order valence-corrected chi connectivity index (χ3v) is 5.26. The number of nitrogens with zero attached hydrogens (tertiary/aromatic N) is 5. The number of carbonyl (C=O) groups excluding carboxylic acids is 1. The lowest BCUT2D eigenvalue weighted by Crippen LogP contribution is -2.25. The van der Waals surface area contributed by atoms with E-state index in [9.17, 15) is 4.79 Å². The summed E-state index contributed by atoms with van der Waals surface area (Å²) in [4.78, 5) is 21.4. The van der Waals surface area contributed by atoms with Crippen LogP contribution >= 0.6 is 0 Å². The van der Waals surface area contributed by atoms with E-state index < -0.39 is 0 Å². The first-order chi connectivity index (χ1) is 15.2. The highest BCUT2D eigenvalue weighted by molar-refractivity contribution is 6.05. The van der Waals surface area contributed by atoms with Crippen LogP contribution in [0.3, 0.4) is 0 Å². The second-order valence-corrected chi connectivity index (χ2v) is 7.30. The van der Waals surface area contributed by atoms with E-state index in [0.717, 1.165) is 39.9 Å². The predicted octanol–water partition coefficient (Wildman–Crippen LogP) is 3.64. The van der Waals surface area contributed by atoms with Crippen LogP contribution in [0.5, 0.6) is 0 Å². The molecule has 31 heavy (non-hydrogen) atoms. The molecular weight excluding hydrogens is 388 g/mol. The summed E-state index contributed by atoms with van der Waals surface area (Å²) < 4.78 is 2.05. The van der Waals surface area contributed by atoms with Crippen LogP contribution in [-0.4, -0.2) is 37.2 Å². The molecule has 0 atom stereocenters. The molecule has 1 amide bonds. The van der Waals surface area contributed by atoms with Gasteiger partial charge in [0.15, 0.2) is 0 Å². The van der Waals surface area contributed by atoms with Gasteiger partial charge >= 0.3 is 0 Å². The van der Waals surface area contributed by atoms with Gasteiger partial charge in [0.1, 0.15) is 11.3 Å². The molecule has 7 nitrogen and oxygen atoms in total. The number of para-hydroxylation sites is 1. The highest BCUT2D eigenvalue weighted by Crippen LogP contribution is 2.27. The standard InChI is InChI=1S/C24H20N6O/c1-16-27-23-22(30(16)19-5-3-2-4-6-19)20-15-18(7-8-21(20)28-29-23)24(31)26-14-11-17-9-12-25-13-10-17/h2-10,12-13,15H,11,14H2,1H3,(H,26,31). The number of aryl methyl sites for hydroxylation is 1. The largest absolute Gasteiger partial charge is 0.352 e. The van der Waals surface area contributed by atoms with Crippen molar-refractivity contribution >= 4 is 28.0 Å². The van der Waals surface area contributed by atoms with Crippen LogP contribution in [0.25, 0.3) is 27.8 Å². The van der Waals surface area contributed by atoms with Crippen molar-refractivity contribution in [2.24, 2.45) is 0 Å². The number of pyridine rings is 1. The molecule has 0 aliphatic carbocycles. The first-order valence-corrected chi connectivity index (χ1v) is 10.1. The van der Waals surface area contributed by atoms with Gasteiger partial charge in [0.25, 0.3) is 5.91 Å². The summed E-state index contributed by atoms with van der Waals surface area (Å²) in [6.07, 6.45) is 4.26. The van der Waals surface area contributed by atoms with Gasteiger partial charge in [-0.1, -0.05) is 18.2 Å². The van der Waals surface area contributed by atoms with Crippen molar-refractivity contribution in [3.8, 4) is 5.69 Å². The Balaban J connectivity index is 1.51. The van der Waals surface area contributed by atoms with E-state index in [4.69, 9.17) is 0 Å². The number of benzene rings is 2. The SMILES string of the molecule is Cc1nc2nnc3ccc(C(=O)NCCc4ccncc4)cc3c2n1-c1ccccc1. The summed E-state index contributed by atoms with van der Waals surface area (Å²) in [5.74, 6) is 0.693. The first-order valence-electron chi connectivity index (χ1n) is 10.1. The fourth-order valence-corrected chi connectivity index (χ4v) is 3.75. The second-order valence-electron chi connectivity index (χ2n) is 7.30. The zero-order valence-corrected chi connectivity index (χ0v) is 17.0. The maximum Gasteiger partial charge on any atom is 0.251 e. The Morgan fingerprint density at radius 3 is 2.61 bits per heavy atom. The summed E-state index contributed by atoms with van der Waals surface area (Å²) >= 11 is 0. The highest BCUT2D eigenvalue weighted by Gasteiger charge is 2.16. The molecule has 0 aliphatic heterocycles. The molecule has 0 unspecified atom stereocenters. The van der Waals surface area contributed by atoms with Crippen LogP contribution in [0.4, 0.5) is 0 Å². The van der Waals surface area contributed by atoms with Gasteiger partial charge in [-0.05, 0) is 61.4 Å². The van der Waals surface area contributed by atoms with E-state index in [1.54, 1.807) is 18.5 Å². The van der Waals surface area contributed by atoms with Crippen LogP contribution in [0.2, 0.25) is 0 Å². The summed E-state index contributed by atoms with van der Waals surface area (Å²) in [6, 6.07) is 19.4. The van der Waals surface area contributed by atoms with Crippen LogP contribution < -0.4 is 5.32 Å².